The van der Waals surface area contributed by atoms with E-state index in [4.69, 9.17) is 10.00 Å². The number of likely N-dealkylation sites (tertiary alicyclic amines) is 1. The van der Waals surface area contributed by atoms with Crippen LogP contribution in [0.25, 0.3) is 0 Å². The SMILES string of the molecule is C[C@@H]1C[C@@H](COc2cccc(C(=O)N3CCN(c4ccc(C#N)cn4)CC3)c2)N(C2CNNC(=O)C2C(F)(F)F)C1. The molecule has 0 radical (unpaired) electrons. The number of hydrazine groups is 1. The lowest BCUT2D eigenvalue weighted by Gasteiger charge is -2.40. The number of benzene rings is 1. The minimum absolute atomic E-state index is 0.0162. The van der Waals surface area contributed by atoms with Gasteiger partial charge in [0.1, 0.15) is 24.2 Å². The summed E-state index contributed by atoms with van der Waals surface area (Å²) in [6, 6.07) is 11.0. The smallest absolute Gasteiger partial charge is 0.402 e. The summed E-state index contributed by atoms with van der Waals surface area (Å²) >= 11 is 0. The molecule has 1 aromatic heterocycles. The molecule has 3 aliphatic rings. The number of piperazine rings is 1. The Morgan fingerprint density at radius 2 is 1.98 bits per heavy atom. The number of anilines is 1. The second-order valence-corrected chi connectivity index (χ2v) is 10.8. The normalized spacial score (nSPS) is 25.5. The Hall–Kier alpha value is -3.89. The fourth-order valence-corrected chi connectivity index (χ4v) is 5.91. The van der Waals surface area contributed by atoms with E-state index in [1.807, 2.05) is 13.0 Å². The first-order valence-corrected chi connectivity index (χ1v) is 13.6. The van der Waals surface area contributed by atoms with E-state index in [9.17, 15) is 22.8 Å². The molecule has 0 aliphatic carbocycles. The van der Waals surface area contributed by atoms with Gasteiger partial charge in [0.2, 0.25) is 5.91 Å². The van der Waals surface area contributed by atoms with E-state index in [1.54, 1.807) is 46.2 Å². The van der Waals surface area contributed by atoms with Crippen LogP contribution in [0.15, 0.2) is 42.6 Å². The Morgan fingerprint density at radius 3 is 2.66 bits per heavy atom. The average molecular weight is 572 g/mol. The van der Waals surface area contributed by atoms with Gasteiger partial charge in [0, 0.05) is 63.1 Å². The van der Waals surface area contributed by atoms with Crippen LogP contribution >= 0.6 is 0 Å². The molecule has 5 rings (SSSR count). The first-order valence-electron chi connectivity index (χ1n) is 13.6. The van der Waals surface area contributed by atoms with E-state index in [-0.39, 0.29) is 31.0 Å². The number of ether oxygens (including phenoxy) is 1. The van der Waals surface area contributed by atoms with Crippen molar-refractivity contribution < 1.29 is 27.5 Å². The number of aromatic nitrogens is 1. The van der Waals surface area contributed by atoms with Crippen molar-refractivity contribution in [1.82, 2.24) is 25.6 Å². The van der Waals surface area contributed by atoms with Crippen LogP contribution in [0, 0.1) is 23.2 Å². The van der Waals surface area contributed by atoms with Crippen LogP contribution in [0.3, 0.4) is 0 Å². The predicted molar refractivity (Wildman–Crippen MR) is 143 cm³/mol. The van der Waals surface area contributed by atoms with Gasteiger partial charge in [-0.2, -0.15) is 18.4 Å². The standard InChI is InChI=1S/C28H32F3N7O3/c1-18-11-21(38(16-18)23-15-34-35-26(39)25(23)28(29,30)31)17-41-22-4-2-3-20(12-22)27(40)37-9-7-36(8-10-37)24-6-5-19(13-32)14-33-24/h2-6,12,14,18,21,23,25,34H,7-11,15-17H2,1H3,(H,35,39)/t18-,21+,23?,25?/m1/s1. The van der Waals surface area contributed by atoms with Gasteiger partial charge < -0.3 is 14.5 Å². The highest BCUT2D eigenvalue weighted by Crippen LogP contribution is 2.36. The monoisotopic (exact) mass is 571 g/mol. The van der Waals surface area contributed by atoms with Crippen molar-refractivity contribution in [3.63, 3.8) is 0 Å². The van der Waals surface area contributed by atoms with Crippen molar-refractivity contribution in [2.24, 2.45) is 11.8 Å². The molecule has 2 aromatic rings. The van der Waals surface area contributed by atoms with Gasteiger partial charge in [-0.05, 0) is 42.7 Å². The Balaban J connectivity index is 1.20. The second-order valence-electron chi connectivity index (χ2n) is 10.8. The number of nitrogens with one attached hydrogen (secondary N) is 2. The van der Waals surface area contributed by atoms with Gasteiger partial charge in [0.05, 0.1) is 5.56 Å². The second kappa shape index (κ2) is 11.9. The molecule has 2 N–H and O–H groups in total. The van der Waals surface area contributed by atoms with Gasteiger partial charge in [-0.15, -0.1) is 0 Å². The summed E-state index contributed by atoms with van der Waals surface area (Å²) in [7, 11) is 0. The Morgan fingerprint density at radius 1 is 1.20 bits per heavy atom. The van der Waals surface area contributed by atoms with Crippen LogP contribution in [0.4, 0.5) is 19.0 Å². The van der Waals surface area contributed by atoms with E-state index in [1.165, 1.54) is 6.20 Å². The van der Waals surface area contributed by atoms with Crippen LogP contribution in [-0.4, -0.2) is 90.7 Å². The molecule has 0 bridgehead atoms. The highest BCUT2D eigenvalue weighted by atomic mass is 19.4. The summed E-state index contributed by atoms with van der Waals surface area (Å²) in [5, 5.41) is 8.96. The van der Waals surface area contributed by atoms with Crippen molar-refractivity contribution in [2.45, 2.75) is 31.6 Å². The molecule has 13 heteroatoms. The highest BCUT2D eigenvalue weighted by molar-refractivity contribution is 5.94. The maximum atomic E-state index is 13.8. The predicted octanol–water partition coefficient (Wildman–Crippen LogP) is 2.19. The molecule has 10 nitrogen and oxygen atoms in total. The molecule has 4 atom stereocenters. The lowest BCUT2D eigenvalue weighted by molar-refractivity contribution is -0.201. The minimum Gasteiger partial charge on any atom is -0.492 e. The highest BCUT2D eigenvalue weighted by Gasteiger charge is 2.54. The lowest BCUT2D eigenvalue weighted by atomic mass is 9.94. The summed E-state index contributed by atoms with van der Waals surface area (Å²) in [4.78, 5) is 35.3. The van der Waals surface area contributed by atoms with Crippen LogP contribution in [-0.2, 0) is 4.79 Å². The molecule has 2 amide bonds. The molecular formula is C28H32F3N7O3. The quantitative estimate of drug-likeness (QED) is 0.543. The van der Waals surface area contributed by atoms with E-state index >= 15 is 0 Å². The van der Waals surface area contributed by atoms with Crippen LogP contribution in [0.2, 0.25) is 0 Å². The third-order valence-electron chi connectivity index (χ3n) is 7.93. The number of rotatable bonds is 6. The zero-order valence-electron chi connectivity index (χ0n) is 22.6. The summed E-state index contributed by atoms with van der Waals surface area (Å²) in [5.74, 6) is -1.96. The van der Waals surface area contributed by atoms with Crippen molar-refractivity contribution in [3.8, 4) is 11.8 Å². The maximum absolute atomic E-state index is 13.8. The molecule has 0 saturated carbocycles. The third kappa shape index (κ3) is 6.39. The van der Waals surface area contributed by atoms with Crippen molar-refractivity contribution >= 4 is 17.6 Å². The summed E-state index contributed by atoms with van der Waals surface area (Å²) in [6.45, 7) is 4.74. The van der Waals surface area contributed by atoms with Gasteiger partial charge in [-0.1, -0.05) is 13.0 Å². The summed E-state index contributed by atoms with van der Waals surface area (Å²) in [6.07, 6.45) is -2.49. The third-order valence-corrected chi connectivity index (χ3v) is 7.93. The number of nitrogens with zero attached hydrogens (tertiary/aromatic N) is 5. The number of nitriles is 1. The number of hydrogen-bond donors (Lipinski definition) is 2. The molecule has 3 saturated heterocycles. The first kappa shape index (κ1) is 28.6. The lowest BCUT2D eigenvalue weighted by Crippen LogP contribution is -2.65. The first-order chi connectivity index (χ1) is 19.6. The number of carbonyl (C=O) groups excluding carboxylic acids is 2. The number of amides is 2. The molecule has 2 unspecified atom stereocenters. The topological polar surface area (TPSA) is 114 Å². The van der Waals surface area contributed by atoms with Crippen LogP contribution in [0.5, 0.6) is 5.75 Å². The van der Waals surface area contributed by atoms with Crippen molar-refractivity contribution in [1.29, 1.82) is 5.26 Å². The molecule has 0 spiro atoms. The van der Waals surface area contributed by atoms with Crippen molar-refractivity contribution in [2.75, 3.05) is 50.8 Å². The number of hydrogen-bond acceptors (Lipinski definition) is 8. The average Bonchev–Trinajstić information content (AvgIpc) is 3.35. The van der Waals surface area contributed by atoms with E-state index in [0.29, 0.717) is 56.0 Å². The van der Waals surface area contributed by atoms with Gasteiger partial charge in [-0.3, -0.25) is 19.9 Å². The minimum atomic E-state index is -4.66. The number of alkyl halides is 3. The number of halogens is 3. The summed E-state index contributed by atoms with van der Waals surface area (Å²) < 4.78 is 47.4. The zero-order chi connectivity index (χ0) is 29.1. The van der Waals surface area contributed by atoms with E-state index < -0.39 is 24.0 Å². The van der Waals surface area contributed by atoms with Crippen LogP contribution < -0.4 is 20.5 Å². The largest absolute Gasteiger partial charge is 0.492 e. The number of pyridine rings is 1. The molecule has 3 fully saturated rings. The van der Waals surface area contributed by atoms with E-state index in [0.717, 1.165) is 5.82 Å². The van der Waals surface area contributed by atoms with Gasteiger partial charge >= 0.3 is 6.18 Å². The Kier molecular flexibility index (Phi) is 8.32. The van der Waals surface area contributed by atoms with Crippen LogP contribution in [0.1, 0.15) is 29.3 Å². The zero-order valence-corrected chi connectivity index (χ0v) is 22.6. The van der Waals surface area contributed by atoms with Crippen molar-refractivity contribution in [3.05, 3.63) is 53.7 Å². The van der Waals surface area contributed by atoms with Gasteiger partial charge in [0.25, 0.3) is 5.91 Å². The fourth-order valence-electron chi connectivity index (χ4n) is 5.91. The maximum Gasteiger partial charge on any atom is 0.402 e. The molecule has 4 heterocycles. The molecular weight excluding hydrogens is 539 g/mol. The fraction of sp³-hybridized carbons (Fsp3) is 0.500. The van der Waals surface area contributed by atoms with E-state index in [2.05, 4.69) is 20.7 Å². The molecule has 41 heavy (non-hydrogen) atoms. The Labute approximate surface area is 236 Å². The number of carbonyl (C=O) groups is 2. The van der Waals surface area contributed by atoms with Gasteiger partial charge in [-0.25, -0.2) is 10.4 Å². The Bertz CT molecular complexity index is 1290. The molecule has 3 aliphatic heterocycles. The van der Waals surface area contributed by atoms with Gasteiger partial charge in [0.15, 0.2) is 5.92 Å². The molecule has 218 valence electrons. The molecule has 1 aromatic carbocycles. The summed E-state index contributed by atoms with van der Waals surface area (Å²) in [5.41, 5.74) is 5.67.